The first kappa shape index (κ1) is 21.1. The zero-order valence-electron chi connectivity index (χ0n) is 19.2. The number of hydrogen-bond acceptors (Lipinski definition) is 2. The van der Waals surface area contributed by atoms with Gasteiger partial charge in [0.2, 0.25) is 0 Å². The third-order valence-corrected chi connectivity index (χ3v) is 6.25. The molecule has 0 aliphatic carbocycles. The van der Waals surface area contributed by atoms with E-state index in [1.807, 2.05) is 24.4 Å². The molecule has 4 heteroatoms. The van der Waals surface area contributed by atoms with Gasteiger partial charge in [-0.2, -0.15) is 0 Å². The number of hydrogen-bond donors (Lipinski definition) is 1. The van der Waals surface area contributed by atoms with Crippen LogP contribution < -0.4 is 5.43 Å². The molecule has 1 N–H and O–H groups in total. The van der Waals surface area contributed by atoms with Gasteiger partial charge in [-0.15, -0.1) is 0 Å². The summed E-state index contributed by atoms with van der Waals surface area (Å²) in [5.41, 5.74) is 4.47. The summed E-state index contributed by atoms with van der Waals surface area (Å²) in [6, 6.07) is 12.1. The maximum Gasteiger partial charge on any atom is 0.199 e. The van der Waals surface area contributed by atoms with Crippen LogP contribution in [0.25, 0.3) is 43.6 Å². The van der Waals surface area contributed by atoms with Crippen LogP contribution in [0.15, 0.2) is 51.8 Å². The Morgan fingerprint density at radius 2 is 1.81 bits per heavy atom. The Balaban J connectivity index is 2.01. The highest BCUT2D eigenvalue weighted by Crippen LogP contribution is 2.38. The van der Waals surface area contributed by atoms with E-state index in [1.54, 1.807) is 0 Å². The first-order chi connectivity index (χ1) is 15.1. The van der Waals surface area contributed by atoms with E-state index in [0.717, 1.165) is 45.5 Å². The molecule has 0 aliphatic heterocycles. The Labute approximate surface area is 192 Å². The summed E-state index contributed by atoms with van der Waals surface area (Å²) in [4.78, 5) is 17.3. The molecule has 3 nitrogen and oxygen atoms in total. The number of benzene rings is 3. The van der Waals surface area contributed by atoms with Crippen molar-refractivity contribution in [1.82, 2.24) is 4.98 Å². The third kappa shape index (κ3) is 3.49. The van der Waals surface area contributed by atoms with Crippen LogP contribution in [0.4, 0.5) is 0 Å². The predicted octanol–water partition coefficient (Wildman–Crippen LogP) is 8.02. The summed E-state index contributed by atoms with van der Waals surface area (Å²) < 4.78 is 6.49. The summed E-state index contributed by atoms with van der Waals surface area (Å²) in [5.74, 6) is 0.524. The van der Waals surface area contributed by atoms with E-state index in [0.29, 0.717) is 27.5 Å². The lowest BCUT2D eigenvalue weighted by molar-refractivity contribution is 0.411. The largest absolute Gasteiger partial charge is 0.455 e. The monoisotopic (exact) mass is 445 g/mol. The molecular weight excluding hydrogens is 418 g/mol. The van der Waals surface area contributed by atoms with Gasteiger partial charge in [-0.05, 0) is 58.7 Å². The molecule has 2 heterocycles. The minimum absolute atomic E-state index is 0.0163. The van der Waals surface area contributed by atoms with Gasteiger partial charge in [0, 0.05) is 33.6 Å². The molecule has 0 bridgehead atoms. The van der Waals surface area contributed by atoms with Gasteiger partial charge in [0.25, 0.3) is 0 Å². The summed E-state index contributed by atoms with van der Waals surface area (Å²) in [7, 11) is 0. The van der Waals surface area contributed by atoms with Crippen molar-refractivity contribution in [1.29, 1.82) is 0 Å². The van der Waals surface area contributed by atoms with Crippen molar-refractivity contribution in [3.63, 3.8) is 0 Å². The highest BCUT2D eigenvalue weighted by Gasteiger charge is 2.23. The molecule has 0 amide bonds. The van der Waals surface area contributed by atoms with Crippen LogP contribution in [0.5, 0.6) is 0 Å². The van der Waals surface area contributed by atoms with E-state index < -0.39 is 0 Å². The Morgan fingerprint density at radius 1 is 1.03 bits per heavy atom. The zero-order valence-corrected chi connectivity index (χ0v) is 20.0. The average molecular weight is 446 g/mol. The third-order valence-electron chi connectivity index (χ3n) is 6.03. The SMILES string of the molecule is CC(C)Cc1ccc2c(CC(C)(C)C)c3oc4cc(Cl)cc5cc[nH]c(c3c(=O)c2c1)c54. The van der Waals surface area contributed by atoms with Gasteiger partial charge in [0.1, 0.15) is 11.2 Å². The summed E-state index contributed by atoms with van der Waals surface area (Å²) in [5, 5.41) is 4.85. The van der Waals surface area contributed by atoms with E-state index in [4.69, 9.17) is 16.0 Å². The van der Waals surface area contributed by atoms with Crippen molar-refractivity contribution >= 4 is 55.2 Å². The van der Waals surface area contributed by atoms with Gasteiger partial charge in [-0.1, -0.05) is 58.4 Å². The first-order valence-corrected chi connectivity index (χ1v) is 11.6. The fourth-order valence-electron chi connectivity index (χ4n) is 4.87. The molecule has 0 unspecified atom stereocenters. The number of H-pyrrole nitrogens is 1. The van der Waals surface area contributed by atoms with Crippen molar-refractivity contribution in [2.45, 2.75) is 47.5 Å². The molecule has 2 aromatic heterocycles. The van der Waals surface area contributed by atoms with Crippen LogP contribution in [-0.4, -0.2) is 4.98 Å². The topological polar surface area (TPSA) is 46.0 Å². The fourth-order valence-corrected chi connectivity index (χ4v) is 5.09. The van der Waals surface area contributed by atoms with Crippen molar-refractivity contribution in [3.05, 3.63) is 69.0 Å². The van der Waals surface area contributed by atoms with E-state index in [1.165, 1.54) is 5.56 Å². The molecule has 5 rings (SSSR count). The number of aromatic nitrogens is 1. The Morgan fingerprint density at radius 3 is 2.53 bits per heavy atom. The van der Waals surface area contributed by atoms with Crippen LogP contribution in [0.3, 0.4) is 0 Å². The molecule has 3 aromatic carbocycles. The molecule has 0 fully saturated rings. The van der Waals surface area contributed by atoms with E-state index in [-0.39, 0.29) is 10.8 Å². The number of aromatic amines is 1. The summed E-state index contributed by atoms with van der Waals surface area (Å²) in [6.45, 7) is 11.0. The second-order valence-electron chi connectivity index (χ2n) is 10.6. The van der Waals surface area contributed by atoms with Crippen LogP contribution in [0, 0.1) is 11.3 Å². The van der Waals surface area contributed by atoms with Crippen molar-refractivity contribution in [3.8, 4) is 0 Å². The number of pyridine rings is 1. The molecule has 0 aliphatic rings. The second-order valence-corrected chi connectivity index (χ2v) is 11.0. The standard InChI is InChI=1S/C28H28ClNO2/c1-15(2)10-16-6-7-19-20(11-16)26(31)24-25-23-17(8-9-30-25)12-18(29)13-22(23)32-27(24)21(19)14-28(3,4)5/h6-9,11-13,15,30H,10,14H2,1-5H3. The molecule has 0 saturated carbocycles. The van der Waals surface area contributed by atoms with E-state index >= 15 is 0 Å². The summed E-state index contributed by atoms with van der Waals surface area (Å²) >= 11 is 6.39. The predicted molar refractivity (Wildman–Crippen MR) is 136 cm³/mol. The molecule has 0 saturated heterocycles. The molecule has 0 radical (unpaired) electrons. The van der Waals surface area contributed by atoms with Gasteiger partial charge in [0.15, 0.2) is 5.43 Å². The molecule has 5 aromatic rings. The lowest BCUT2D eigenvalue weighted by Crippen LogP contribution is -2.14. The number of fused-ring (bicyclic) bond motifs is 3. The van der Waals surface area contributed by atoms with Crippen LogP contribution >= 0.6 is 11.6 Å². The number of rotatable bonds is 3. The van der Waals surface area contributed by atoms with Crippen molar-refractivity contribution in [2.75, 3.05) is 0 Å². The minimum Gasteiger partial charge on any atom is -0.455 e. The van der Waals surface area contributed by atoms with Crippen molar-refractivity contribution in [2.24, 2.45) is 11.3 Å². The van der Waals surface area contributed by atoms with Gasteiger partial charge < -0.3 is 9.40 Å². The minimum atomic E-state index is 0.0163. The lowest BCUT2D eigenvalue weighted by atomic mass is 9.84. The first-order valence-electron chi connectivity index (χ1n) is 11.2. The van der Waals surface area contributed by atoms with Crippen LogP contribution in [-0.2, 0) is 12.8 Å². The molecular formula is C28H28ClNO2. The molecule has 32 heavy (non-hydrogen) atoms. The average Bonchev–Trinajstić information content (AvgIpc) is 2.69. The van der Waals surface area contributed by atoms with Crippen molar-refractivity contribution < 1.29 is 4.42 Å². The molecule has 164 valence electrons. The highest BCUT2D eigenvalue weighted by molar-refractivity contribution is 6.33. The van der Waals surface area contributed by atoms with E-state index in [9.17, 15) is 4.79 Å². The normalized spacial score (nSPS) is 12.7. The van der Waals surface area contributed by atoms with Gasteiger partial charge >= 0.3 is 0 Å². The maximum absolute atomic E-state index is 13.9. The van der Waals surface area contributed by atoms with Gasteiger partial charge in [0.05, 0.1) is 10.9 Å². The second kappa shape index (κ2) is 7.38. The van der Waals surface area contributed by atoms with Gasteiger partial charge in [-0.3, -0.25) is 4.79 Å². The van der Waals surface area contributed by atoms with Crippen LogP contribution in [0.1, 0.15) is 45.7 Å². The van der Waals surface area contributed by atoms with E-state index in [2.05, 4.69) is 57.8 Å². The lowest BCUT2D eigenvalue weighted by Gasteiger charge is -2.21. The fraction of sp³-hybridized carbons (Fsp3) is 0.321. The maximum atomic E-state index is 13.9. The zero-order chi connectivity index (χ0) is 22.8. The summed E-state index contributed by atoms with van der Waals surface area (Å²) in [6.07, 6.45) is 3.61. The smallest absolute Gasteiger partial charge is 0.199 e. The molecule has 0 atom stereocenters. The highest BCUT2D eigenvalue weighted by atomic mass is 35.5. The Hall–Kier alpha value is -2.78. The Bertz CT molecular complexity index is 1560. The molecule has 0 spiro atoms. The number of nitrogens with one attached hydrogen (secondary N) is 1. The van der Waals surface area contributed by atoms with Gasteiger partial charge in [-0.25, -0.2) is 0 Å². The number of halogens is 1. The van der Waals surface area contributed by atoms with Crippen LogP contribution in [0.2, 0.25) is 5.02 Å². The quantitative estimate of drug-likeness (QED) is 0.225. The Kier molecular flexibility index (Phi) is 4.86.